The van der Waals surface area contributed by atoms with Gasteiger partial charge in [-0.15, -0.1) is 0 Å². The van der Waals surface area contributed by atoms with E-state index in [0.717, 1.165) is 28.3 Å². The van der Waals surface area contributed by atoms with Crippen molar-refractivity contribution in [3.63, 3.8) is 0 Å². The summed E-state index contributed by atoms with van der Waals surface area (Å²) in [4.78, 5) is 8.43. The van der Waals surface area contributed by atoms with Gasteiger partial charge in [-0.2, -0.15) is 0 Å². The highest BCUT2D eigenvalue weighted by molar-refractivity contribution is 5.68. The van der Waals surface area contributed by atoms with E-state index >= 15 is 0 Å². The predicted octanol–water partition coefficient (Wildman–Crippen LogP) is 2.77. The Morgan fingerprint density at radius 1 is 0.938 bits per heavy atom. The average Bonchev–Trinajstić information content (AvgIpc) is 2.30. The number of aromatic nitrogens is 2. The van der Waals surface area contributed by atoms with Crippen molar-refractivity contribution in [2.75, 3.05) is 7.11 Å². The van der Waals surface area contributed by atoms with E-state index in [9.17, 15) is 0 Å². The van der Waals surface area contributed by atoms with Gasteiger partial charge in [0.05, 0.1) is 7.11 Å². The molecular formula is C13H14N2O. The molecule has 0 bridgehead atoms. The fraction of sp³-hybridized carbons (Fsp3) is 0.231. The van der Waals surface area contributed by atoms with Crippen molar-refractivity contribution in [2.45, 2.75) is 13.8 Å². The van der Waals surface area contributed by atoms with Gasteiger partial charge in [0.25, 0.3) is 0 Å². The lowest BCUT2D eigenvalue weighted by atomic mass is 10.0. The zero-order chi connectivity index (χ0) is 11.5. The molecule has 1 aromatic heterocycles. The lowest BCUT2D eigenvalue weighted by molar-refractivity contribution is 0.415. The highest BCUT2D eigenvalue weighted by Gasteiger charge is 2.07. The average molecular weight is 214 g/mol. The number of methoxy groups -OCH3 is 1. The molecule has 0 fully saturated rings. The first-order valence-corrected chi connectivity index (χ1v) is 5.15. The van der Waals surface area contributed by atoms with Crippen molar-refractivity contribution in [1.29, 1.82) is 0 Å². The van der Waals surface area contributed by atoms with Crippen LogP contribution in [0.3, 0.4) is 0 Å². The molecule has 16 heavy (non-hydrogen) atoms. The van der Waals surface area contributed by atoms with Gasteiger partial charge >= 0.3 is 0 Å². The largest absolute Gasteiger partial charge is 0.497 e. The molecule has 0 aliphatic rings. The number of hydrogen-bond acceptors (Lipinski definition) is 3. The van der Waals surface area contributed by atoms with E-state index in [1.54, 1.807) is 13.4 Å². The second-order valence-electron chi connectivity index (χ2n) is 3.65. The fourth-order valence-electron chi connectivity index (χ4n) is 1.77. The SMILES string of the molecule is COc1ccc(-c2c(C)ncnc2C)cc1. The fourth-order valence-corrected chi connectivity index (χ4v) is 1.77. The molecule has 3 heteroatoms. The standard InChI is InChI=1S/C13H14N2O/c1-9-13(10(2)15-8-14-9)11-4-6-12(16-3)7-5-11/h4-8H,1-3H3. The van der Waals surface area contributed by atoms with Gasteiger partial charge in [0.15, 0.2) is 0 Å². The number of rotatable bonds is 2. The van der Waals surface area contributed by atoms with Crippen molar-refractivity contribution in [1.82, 2.24) is 9.97 Å². The smallest absolute Gasteiger partial charge is 0.118 e. The molecule has 1 aromatic carbocycles. The van der Waals surface area contributed by atoms with Crippen LogP contribution in [0, 0.1) is 13.8 Å². The van der Waals surface area contributed by atoms with Gasteiger partial charge in [-0.25, -0.2) is 9.97 Å². The minimum atomic E-state index is 0.857. The molecule has 0 N–H and O–H groups in total. The Bertz CT molecular complexity index is 472. The molecule has 0 atom stereocenters. The molecule has 0 radical (unpaired) electrons. The van der Waals surface area contributed by atoms with Crippen LogP contribution in [0.2, 0.25) is 0 Å². The summed E-state index contributed by atoms with van der Waals surface area (Å²) >= 11 is 0. The van der Waals surface area contributed by atoms with Crippen molar-refractivity contribution < 1.29 is 4.74 Å². The topological polar surface area (TPSA) is 35.0 Å². The van der Waals surface area contributed by atoms with E-state index in [-0.39, 0.29) is 0 Å². The summed E-state index contributed by atoms with van der Waals surface area (Å²) in [6.45, 7) is 3.99. The molecule has 2 rings (SSSR count). The number of benzene rings is 1. The third-order valence-electron chi connectivity index (χ3n) is 2.61. The maximum absolute atomic E-state index is 5.13. The molecule has 0 spiro atoms. The Morgan fingerprint density at radius 2 is 1.50 bits per heavy atom. The second kappa shape index (κ2) is 4.31. The van der Waals surface area contributed by atoms with Crippen molar-refractivity contribution >= 4 is 0 Å². The normalized spacial score (nSPS) is 10.2. The van der Waals surface area contributed by atoms with Crippen molar-refractivity contribution in [3.8, 4) is 16.9 Å². The number of hydrogen-bond donors (Lipinski definition) is 0. The van der Waals surface area contributed by atoms with E-state index in [4.69, 9.17) is 4.74 Å². The van der Waals surface area contributed by atoms with Crippen molar-refractivity contribution in [2.24, 2.45) is 0 Å². The summed E-state index contributed by atoms with van der Waals surface area (Å²) in [5, 5.41) is 0. The molecular weight excluding hydrogens is 200 g/mol. The highest BCUT2D eigenvalue weighted by atomic mass is 16.5. The Labute approximate surface area is 95.1 Å². The van der Waals surface area contributed by atoms with E-state index in [0.29, 0.717) is 0 Å². The molecule has 3 nitrogen and oxygen atoms in total. The molecule has 82 valence electrons. The lowest BCUT2D eigenvalue weighted by Crippen LogP contribution is -1.94. The summed E-state index contributed by atoms with van der Waals surface area (Å²) in [6, 6.07) is 7.94. The molecule has 0 aliphatic heterocycles. The maximum Gasteiger partial charge on any atom is 0.118 e. The van der Waals surface area contributed by atoms with Crippen LogP contribution >= 0.6 is 0 Å². The van der Waals surface area contributed by atoms with Gasteiger partial charge in [-0.3, -0.25) is 0 Å². The van der Waals surface area contributed by atoms with Gasteiger partial charge in [0, 0.05) is 17.0 Å². The number of nitrogens with zero attached hydrogens (tertiary/aromatic N) is 2. The number of ether oxygens (including phenoxy) is 1. The molecule has 0 unspecified atom stereocenters. The summed E-state index contributed by atoms with van der Waals surface area (Å²) in [5.74, 6) is 0.857. The van der Waals surface area contributed by atoms with Crippen LogP contribution in [-0.4, -0.2) is 17.1 Å². The summed E-state index contributed by atoms with van der Waals surface area (Å²) in [5.41, 5.74) is 4.22. The van der Waals surface area contributed by atoms with Crippen LogP contribution in [0.5, 0.6) is 5.75 Å². The van der Waals surface area contributed by atoms with Crippen LogP contribution in [0.1, 0.15) is 11.4 Å². The molecule has 2 aromatic rings. The number of aryl methyl sites for hydroxylation is 2. The van der Waals surface area contributed by atoms with Crippen molar-refractivity contribution in [3.05, 3.63) is 42.0 Å². The van der Waals surface area contributed by atoms with Gasteiger partial charge in [0.2, 0.25) is 0 Å². The minimum absolute atomic E-state index is 0.857. The first-order valence-electron chi connectivity index (χ1n) is 5.15. The second-order valence-corrected chi connectivity index (χ2v) is 3.65. The van der Waals surface area contributed by atoms with E-state index in [1.165, 1.54) is 0 Å². The third kappa shape index (κ3) is 1.89. The molecule has 0 aliphatic carbocycles. The molecule has 0 saturated heterocycles. The quantitative estimate of drug-likeness (QED) is 0.771. The van der Waals surface area contributed by atoms with E-state index in [2.05, 4.69) is 9.97 Å². The van der Waals surface area contributed by atoms with Crippen LogP contribution < -0.4 is 4.74 Å². The van der Waals surface area contributed by atoms with Crippen LogP contribution in [0.4, 0.5) is 0 Å². The molecule has 0 amide bonds. The Hall–Kier alpha value is -1.90. The summed E-state index contributed by atoms with van der Waals surface area (Å²) in [6.07, 6.45) is 1.59. The Balaban J connectivity index is 2.50. The summed E-state index contributed by atoms with van der Waals surface area (Å²) in [7, 11) is 1.66. The first-order chi connectivity index (χ1) is 7.72. The van der Waals surface area contributed by atoms with Crippen LogP contribution in [-0.2, 0) is 0 Å². The summed E-state index contributed by atoms with van der Waals surface area (Å²) < 4.78 is 5.13. The van der Waals surface area contributed by atoms with Gasteiger partial charge < -0.3 is 4.74 Å². The highest BCUT2D eigenvalue weighted by Crippen LogP contribution is 2.26. The van der Waals surface area contributed by atoms with Gasteiger partial charge in [0.1, 0.15) is 12.1 Å². The lowest BCUT2D eigenvalue weighted by Gasteiger charge is -2.08. The monoisotopic (exact) mass is 214 g/mol. The van der Waals surface area contributed by atoms with E-state index in [1.807, 2.05) is 38.1 Å². The Morgan fingerprint density at radius 3 is 2.00 bits per heavy atom. The van der Waals surface area contributed by atoms with Gasteiger partial charge in [-0.1, -0.05) is 12.1 Å². The van der Waals surface area contributed by atoms with Gasteiger partial charge in [-0.05, 0) is 31.5 Å². The molecule has 0 saturated carbocycles. The zero-order valence-electron chi connectivity index (χ0n) is 9.69. The van der Waals surface area contributed by atoms with Crippen LogP contribution in [0.15, 0.2) is 30.6 Å². The zero-order valence-corrected chi connectivity index (χ0v) is 9.69. The molecule has 1 heterocycles. The third-order valence-corrected chi connectivity index (χ3v) is 2.61. The van der Waals surface area contributed by atoms with E-state index < -0.39 is 0 Å². The Kier molecular flexibility index (Phi) is 2.86. The maximum atomic E-state index is 5.13. The predicted molar refractivity (Wildman–Crippen MR) is 63.5 cm³/mol. The van der Waals surface area contributed by atoms with Crippen LogP contribution in [0.25, 0.3) is 11.1 Å². The first kappa shape index (κ1) is 10.6. The minimum Gasteiger partial charge on any atom is -0.497 e.